The summed E-state index contributed by atoms with van der Waals surface area (Å²) in [6, 6.07) is 11.0. The molecule has 0 saturated carbocycles. The summed E-state index contributed by atoms with van der Waals surface area (Å²) in [7, 11) is 0. The highest BCUT2D eigenvalue weighted by Crippen LogP contribution is 2.16. The smallest absolute Gasteiger partial charge is 0.258 e. The molecule has 0 aliphatic rings. The number of hydrogen-bond donors (Lipinski definition) is 0. The molecule has 0 spiro atoms. The molecule has 0 fully saturated rings. The first-order valence-corrected chi connectivity index (χ1v) is 7.94. The second-order valence-corrected chi connectivity index (χ2v) is 6.32. The Morgan fingerprint density at radius 1 is 1.25 bits per heavy atom. The lowest BCUT2D eigenvalue weighted by molar-refractivity contribution is 0.00199. The monoisotopic (exact) mass is 325 g/mol. The van der Waals surface area contributed by atoms with Gasteiger partial charge >= 0.3 is 0 Å². The quantitative estimate of drug-likeness (QED) is 0.619. The highest BCUT2D eigenvalue weighted by atomic mass is 16.6. The summed E-state index contributed by atoms with van der Waals surface area (Å²) >= 11 is 0. The number of anilines is 1. The minimum Gasteiger partial charge on any atom is -0.390 e. The van der Waals surface area contributed by atoms with E-state index in [-0.39, 0.29) is 11.5 Å². The van der Waals surface area contributed by atoms with Crippen LogP contribution in [0, 0.1) is 0 Å². The zero-order chi connectivity index (χ0) is 17.6. The molecule has 1 amide bonds. The van der Waals surface area contributed by atoms with Gasteiger partial charge < -0.3 is 9.74 Å². The van der Waals surface area contributed by atoms with Gasteiger partial charge in [-0.05, 0) is 57.5 Å². The van der Waals surface area contributed by atoms with Crippen LogP contribution in [0.4, 0.5) is 5.69 Å². The van der Waals surface area contributed by atoms with Crippen molar-refractivity contribution in [3.63, 3.8) is 0 Å². The highest BCUT2D eigenvalue weighted by Gasteiger charge is 2.16. The molecule has 0 saturated heterocycles. The Hall–Kier alpha value is -2.69. The molecule has 2 aromatic rings. The molecule has 0 aliphatic carbocycles. The van der Waals surface area contributed by atoms with E-state index in [1.807, 2.05) is 52.0 Å². The van der Waals surface area contributed by atoms with Gasteiger partial charge in [-0.1, -0.05) is 17.3 Å². The van der Waals surface area contributed by atoms with Gasteiger partial charge in [-0.15, -0.1) is 0 Å². The van der Waals surface area contributed by atoms with E-state index in [1.165, 1.54) is 0 Å². The van der Waals surface area contributed by atoms with Crippen molar-refractivity contribution in [2.24, 2.45) is 5.16 Å². The van der Waals surface area contributed by atoms with Crippen molar-refractivity contribution in [1.29, 1.82) is 0 Å². The molecule has 0 N–H and O–H groups in total. The van der Waals surface area contributed by atoms with Gasteiger partial charge in [-0.3, -0.25) is 9.78 Å². The zero-order valence-electron chi connectivity index (χ0n) is 14.6. The van der Waals surface area contributed by atoms with Crippen molar-refractivity contribution in [2.75, 3.05) is 11.4 Å². The average molecular weight is 325 g/mol. The fourth-order valence-corrected chi connectivity index (χ4v) is 2.07. The molecule has 2 rings (SSSR count). The summed E-state index contributed by atoms with van der Waals surface area (Å²) in [6.45, 7) is 8.32. The number of amides is 1. The van der Waals surface area contributed by atoms with E-state index in [1.54, 1.807) is 35.6 Å². The molecule has 1 heterocycles. The summed E-state index contributed by atoms with van der Waals surface area (Å²) in [5.41, 5.74) is 1.96. The van der Waals surface area contributed by atoms with E-state index in [4.69, 9.17) is 4.84 Å². The van der Waals surface area contributed by atoms with Crippen molar-refractivity contribution in [3.05, 3.63) is 59.9 Å². The molecule has 126 valence electrons. The van der Waals surface area contributed by atoms with Crippen LogP contribution >= 0.6 is 0 Å². The topological polar surface area (TPSA) is 54.8 Å². The normalized spacial score (nSPS) is 11.5. The minimum absolute atomic E-state index is 0.0556. The number of nitrogens with zero attached hydrogens (tertiary/aromatic N) is 3. The number of aromatic nitrogens is 1. The van der Waals surface area contributed by atoms with Gasteiger partial charge in [-0.2, -0.15) is 0 Å². The molecule has 5 heteroatoms. The minimum atomic E-state index is -0.322. The second kappa shape index (κ2) is 7.73. The summed E-state index contributed by atoms with van der Waals surface area (Å²) in [5.74, 6) is -0.0556. The highest BCUT2D eigenvalue weighted by molar-refractivity contribution is 6.06. The van der Waals surface area contributed by atoms with E-state index < -0.39 is 0 Å². The molecule has 5 nitrogen and oxygen atoms in total. The van der Waals surface area contributed by atoms with Crippen LogP contribution in [0.3, 0.4) is 0 Å². The molecular formula is C19H23N3O2. The van der Waals surface area contributed by atoms with E-state index >= 15 is 0 Å². The largest absolute Gasteiger partial charge is 0.390 e. The maximum absolute atomic E-state index is 12.7. The number of carbonyl (C=O) groups is 1. The van der Waals surface area contributed by atoms with Gasteiger partial charge in [0.15, 0.2) is 0 Å². The van der Waals surface area contributed by atoms with Crippen molar-refractivity contribution >= 4 is 17.8 Å². The Morgan fingerprint density at radius 3 is 2.50 bits per heavy atom. The van der Waals surface area contributed by atoms with Crippen LogP contribution in [0.2, 0.25) is 0 Å². The number of pyridine rings is 1. The SMILES string of the molecule is CCN(C(=O)c1ccc(C=NOC(C)(C)C)cc1)c1cccnc1. The van der Waals surface area contributed by atoms with Crippen LogP contribution in [-0.4, -0.2) is 29.3 Å². The Bertz CT molecular complexity index is 689. The third kappa shape index (κ3) is 4.91. The lowest BCUT2D eigenvalue weighted by Gasteiger charge is -2.20. The van der Waals surface area contributed by atoms with Crippen LogP contribution in [0.15, 0.2) is 53.9 Å². The van der Waals surface area contributed by atoms with Crippen LogP contribution in [0.5, 0.6) is 0 Å². The van der Waals surface area contributed by atoms with Gasteiger partial charge in [0.2, 0.25) is 0 Å². The predicted octanol–water partition coefficient (Wildman–Crippen LogP) is 3.90. The van der Waals surface area contributed by atoms with Crippen LogP contribution in [-0.2, 0) is 4.84 Å². The lowest BCUT2D eigenvalue weighted by atomic mass is 10.1. The van der Waals surface area contributed by atoms with Gasteiger partial charge in [0, 0.05) is 18.3 Å². The molecule has 0 unspecified atom stereocenters. The van der Waals surface area contributed by atoms with Gasteiger partial charge in [0.05, 0.1) is 18.1 Å². The predicted molar refractivity (Wildman–Crippen MR) is 96.5 cm³/mol. The fraction of sp³-hybridized carbons (Fsp3) is 0.316. The van der Waals surface area contributed by atoms with Crippen LogP contribution in [0.1, 0.15) is 43.6 Å². The van der Waals surface area contributed by atoms with Crippen molar-refractivity contribution in [2.45, 2.75) is 33.3 Å². The standard InChI is InChI=1S/C19H23N3O2/c1-5-22(17-7-6-12-20-14-17)18(23)16-10-8-15(9-11-16)13-21-24-19(2,3)4/h6-14H,5H2,1-4H3. The Morgan fingerprint density at radius 2 is 1.96 bits per heavy atom. The summed E-state index contributed by atoms with van der Waals surface area (Å²) in [4.78, 5) is 23.7. The number of oxime groups is 1. The van der Waals surface area contributed by atoms with E-state index in [0.717, 1.165) is 11.3 Å². The Labute approximate surface area is 143 Å². The summed E-state index contributed by atoms with van der Waals surface area (Å²) in [5, 5.41) is 3.96. The number of rotatable bonds is 5. The van der Waals surface area contributed by atoms with Crippen molar-refractivity contribution in [3.8, 4) is 0 Å². The first-order chi connectivity index (χ1) is 11.4. The fourth-order valence-electron chi connectivity index (χ4n) is 2.07. The number of carbonyl (C=O) groups excluding carboxylic acids is 1. The lowest BCUT2D eigenvalue weighted by Crippen LogP contribution is -2.30. The third-order valence-corrected chi connectivity index (χ3v) is 3.20. The molecule has 24 heavy (non-hydrogen) atoms. The molecule has 0 bridgehead atoms. The molecule has 1 aromatic carbocycles. The van der Waals surface area contributed by atoms with Gasteiger partial charge in [0.25, 0.3) is 5.91 Å². The molecule has 0 radical (unpaired) electrons. The molecule has 0 atom stereocenters. The maximum Gasteiger partial charge on any atom is 0.258 e. The van der Waals surface area contributed by atoms with Crippen molar-refractivity contribution in [1.82, 2.24) is 4.98 Å². The average Bonchev–Trinajstić information content (AvgIpc) is 2.56. The first-order valence-electron chi connectivity index (χ1n) is 7.94. The number of benzene rings is 1. The number of hydrogen-bond acceptors (Lipinski definition) is 4. The summed E-state index contributed by atoms with van der Waals surface area (Å²) in [6.07, 6.45) is 5.01. The molecule has 1 aromatic heterocycles. The molecule has 0 aliphatic heterocycles. The summed E-state index contributed by atoms with van der Waals surface area (Å²) < 4.78 is 0. The zero-order valence-corrected chi connectivity index (χ0v) is 14.6. The first kappa shape index (κ1) is 17.7. The van der Waals surface area contributed by atoms with E-state index in [0.29, 0.717) is 12.1 Å². The van der Waals surface area contributed by atoms with Gasteiger partial charge in [-0.25, -0.2) is 0 Å². The Balaban J connectivity index is 2.10. The third-order valence-electron chi connectivity index (χ3n) is 3.20. The van der Waals surface area contributed by atoms with E-state index in [9.17, 15) is 4.79 Å². The maximum atomic E-state index is 12.7. The van der Waals surface area contributed by atoms with E-state index in [2.05, 4.69) is 10.1 Å². The van der Waals surface area contributed by atoms with Crippen LogP contribution in [0.25, 0.3) is 0 Å². The second-order valence-electron chi connectivity index (χ2n) is 6.32. The Kier molecular flexibility index (Phi) is 5.68. The van der Waals surface area contributed by atoms with Gasteiger partial charge in [0.1, 0.15) is 5.60 Å². The van der Waals surface area contributed by atoms with Crippen molar-refractivity contribution < 1.29 is 9.63 Å². The molecular weight excluding hydrogens is 302 g/mol. The van der Waals surface area contributed by atoms with Crippen LogP contribution < -0.4 is 4.90 Å².